The topological polar surface area (TPSA) is 29.1 Å². The molecule has 0 fully saturated rings. The smallest absolute Gasteiger partial charge is 0.253 e. The van der Waals surface area contributed by atoms with Gasteiger partial charge in [0, 0.05) is 11.4 Å². The van der Waals surface area contributed by atoms with Gasteiger partial charge in [-0.05, 0) is 18.6 Å². The van der Waals surface area contributed by atoms with Crippen molar-refractivity contribution in [1.82, 2.24) is 5.32 Å². The zero-order chi connectivity index (χ0) is 11.3. The Balaban J connectivity index is 2.73. The Bertz CT molecular complexity index is 339. The lowest BCUT2D eigenvalue weighted by Gasteiger charge is -2.14. The summed E-state index contributed by atoms with van der Waals surface area (Å²) in [5.74, 6) is -0.119. The van der Waals surface area contributed by atoms with E-state index in [1.165, 1.54) is 0 Å². The van der Waals surface area contributed by atoms with Crippen LogP contribution in [-0.2, 0) is 0 Å². The maximum atomic E-state index is 11.8. The lowest BCUT2D eigenvalue weighted by atomic mass is 10.2. The minimum absolute atomic E-state index is 0.119. The third-order valence-corrected chi connectivity index (χ3v) is 3.24. The van der Waals surface area contributed by atoms with E-state index in [2.05, 4.69) is 21.2 Å². The first kappa shape index (κ1) is 12.5. The molecule has 0 aliphatic heterocycles. The second-order valence-electron chi connectivity index (χ2n) is 3.21. The highest BCUT2D eigenvalue weighted by Crippen LogP contribution is 2.14. The molecule has 1 amide bonds. The highest BCUT2D eigenvalue weighted by atomic mass is 79.9. The third kappa shape index (κ3) is 3.50. The first-order chi connectivity index (χ1) is 7.19. The van der Waals surface area contributed by atoms with Gasteiger partial charge in [0.2, 0.25) is 0 Å². The second kappa shape index (κ2) is 6.13. The van der Waals surface area contributed by atoms with E-state index < -0.39 is 0 Å². The van der Waals surface area contributed by atoms with Crippen LogP contribution in [0.4, 0.5) is 0 Å². The van der Waals surface area contributed by atoms with Crippen molar-refractivity contribution in [2.24, 2.45) is 0 Å². The van der Waals surface area contributed by atoms with Crippen molar-refractivity contribution in [2.75, 3.05) is 5.33 Å². The van der Waals surface area contributed by atoms with Gasteiger partial charge in [-0.25, -0.2) is 0 Å². The number of rotatable bonds is 4. The second-order valence-corrected chi connectivity index (χ2v) is 4.27. The highest BCUT2D eigenvalue weighted by molar-refractivity contribution is 9.09. The number of carbonyl (C=O) groups excluding carboxylic acids is 1. The molecule has 0 saturated heterocycles. The summed E-state index contributed by atoms with van der Waals surface area (Å²) in [6.45, 7) is 2.03. The molecule has 1 unspecified atom stereocenters. The molecule has 0 spiro atoms. The largest absolute Gasteiger partial charge is 0.348 e. The predicted molar refractivity (Wildman–Crippen MR) is 66.8 cm³/mol. The minimum Gasteiger partial charge on any atom is -0.348 e. The van der Waals surface area contributed by atoms with Crippen LogP contribution in [0, 0.1) is 0 Å². The first-order valence-electron chi connectivity index (χ1n) is 4.80. The molecule has 0 aromatic heterocycles. The van der Waals surface area contributed by atoms with Crippen molar-refractivity contribution in [3.8, 4) is 0 Å². The van der Waals surface area contributed by atoms with Crippen LogP contribution >= 0.6 is 27.5 Å². The molecule has 1 aromatic carbocycles. The SMILES string of the molecule is CCC(CBr)NC(=O)c1ccccc1Cl. The van der Waals surface area contributed by atoms with Crippen molar-refractivity contribution >= 4 is 33.4 Å². The summed E-state index contributed by atoms with van der Waals surface area (Å²) < 4.78 is 0. The lowest BCUT2D eigenvalue weighted by molar-refractivity contribution is 0.0940. The van der Waals surface area contributed by atoms with E-state index in [0.717, 1.165) is 11.8 Å². The van der Waals surface area contributed by atoms with E-state index >= 15 is 0 Å². The Labute approximate surface area is 103 Å². The highest BCUT2D eigenvalue weighted by Gasteiger charge is 2.12. The van der Waals surface area contributed by atoms with Crippen LogP contribution in [0.1, 0.15) is 23.7 Å². The Kier molecular flexibility index (Phi) is 5.12. The van der Waals surface area contributed by atoms with E-state index in [1.807, 2.05) is 6.92 Å². The number of nitrogens with one attached hydrogen (secondary N) is 1. The van der Waals surface area contributed by atoms with Crippen LogP contribution in [0.2, 0.25) is 5.02 Å². The van der Waals surface area contributed by atoms with Gasteiger partial charge in [-0.2, -0.15) is 0 Å². The summed E-state index contributed by atoms with van der Waals surface area (Å²) in [6, 6.07) is 7.19. The standard InChI is InChI=1S/C11H13BrClNO/c1-2-8(7-12)14-11(15)9-5-3-4-6-10(9)13/h3-6,8H,2,7H2,1H3,(H,14,15). The Morgan fingerprint density at radius 1 is 1.53 bits per heavy atom. The van der Waals surface area contributed by atoms with E-state index in [1.54, 1.807) is 24.3 Å². The van der Waals surface area contributed by atoms with Crippen LogP contribution in [0.25, 0.3) is 0 Å². The van der Waals surface area contributed by atoms with E-state index in [0.29, 0.717) is 10.6 Å². The van der Waals surface area contributed by atoms with Crippen molar-refractivity contribution in [2.45, 2.75) is 19.4 Å². The van der Waals surface area contributed by atoms with Crippen molar-refractivity contribution < 1.29 is 4.79 Å². The van der Waals surface area contributed by atoms with Gasteiger partial charge in [0.15, 0.2) is 0 Å². The van der Waals surface area contributed by atoms with Crippen LogP contribution in [0.3, 0.4) is 0 Å². The molecule has 1 aromatic rings. The predicted octanol–water partition coefficient (Wildman–Crippen LogP) is 3.24. The monoisotopic (exact) mass is 289 g/mol. The number of alkyl halides is 1. The molecule has 0 saturated carbocycles. The molecular weight excluding hydrogens is 277 g/mol. The fraction of sp³-hybridized carbons (Fsp3) is 0.364. The fourth-order valence-corrected chi connectivity index (χ4v) is 2.00. The third-order valence-electron chi connectivity index (χ3n) is 2.13. The molecule has 0 aliphatic carbocycles. The summed E-state index contributed by atoms with van der Waals surface area (Å²) >= 11 is 9.26. The van der Waals surface area contributed by atoms with E-state index in [-0.39, 0.29) is 11.9 Å². The molecule has 1 rings (SSSR count). The van der Waals surface area contributed by atoms with Crippen LogP contribution in [0.5, 0.6) is 0 Å². The number of hydrogen-bond donors (Lipinski definition) is 1. The average molecular weight is 291 g/mol. The Hall–Kier alpha value is -0.540. The van der Waals surface area contributed by atoms with E-state index in [9.17, 15) is 4.79 Å². The van der Waals surface area contributed by atoms with Crippen molar-refractivity contribution in [3.63, 3.8) is 0 Å². The lowest BCUT2D eigenvalue weighted by Crippen LogP contribution is -2.35. The average Bonchev–Trinajstić information content (AvgIpc) is 2.26. The molecule has 0 radical (unpaired) electrons. The Morgan fingerprint density at radius 2 is 2.20 bits per heavy atom. The molecule has 82 valence electrons. The number of halogens is 2. The number of amides is 1. The van der Waals surface area contributed by atoms with Gasteiger partial charge in [-0.15, -0.1) is 0 Å². The van der Waals surface area contributed by atoms with Crippen LogP contribution < -0.4 is 5.32 Å². The molecule has 1 atom stereocenters. The van der Waals surface area contributed by atoms with E-state index in [4.69, 9.17) is 11.6 Å². The number of carbonyl (C=O) groups is 1. The normalized spacial score (nSPS) is 12.2. The quantitative estimate of drug-likeness (QED) is 0.848. The molecule has 0 heterocycles. The maximum Gasteiger partial charge on any atom is 0.253 e. The molecule has 15 heavy (non-hydrogen) atoms. The fourth-order valence-electron chi connectivity index (χ4n) is 1.16. The summed E-state index contributed by atoms with van der Waals surface area (Å²) in [6.07, 6.45) is 0.890. The zero-order valence-electron chi connectivity index (χ0n) is 8.47. The molecule has 1 N–H and O–H groups in total. The summed E-state index contributed by atoms with van der Waals surface area (Å²) in [7, 11) is 0. The van der Waals surface area contributed by atoms with Gasteiger partial charge >= 0.3 is 0 Å². The van der Waals surface area contributed by atoms with Gasteiger partial charge in [0.1, 0.15) is 0 Å². The minimum atomic E-state index is -0.119. The van der Waals surface area contributed by atoms with Crippen LogP contribution in [0.15, 0.2) is 24.3 Å². The van der Waals surface area contributed by atoms with Crippen molar-refractivity contribution in [1.29, 1.82) is 0 Å². The maximum absolute atomic E-state index is 11.8. The van der Waals surface area contributed by atoms with Gasteiger partial charge in [0.25, 0.3) is 5.91 Å². The molecule has 2 nitrogen and oxygen atoms in total. The molecule has 4 heteroatoms. The molecule has 0 bridgehead atoms. The summed E-state index contributed by atoms with van der Waals surface area (Å²) in [5, 5.41) is 4.14. The van der Waals surface area contributed by atoms with Gasteiger partial charge in [0.05, 0.1) is 10.6 Å². The zero-order valence-corrected chi connectivity index (χ0v) is 10.8. The number of benzene rings is 1. The summed E-state index contributed by atoms with van der Waals surface area (Å²) in [4.78, 5) is 11.8. The molecular formula is C11H13BrClNO. The Morgan fingerprint density at radius 3 is 2.73 bits per heavy atom. The van der Waals surface area contributed by atoms with Gasteiger partial charge < -0.3 is 5.32 Å². The van der Waals surface area contributed by atoms with Gasteiger partial charge in [-0.1, -0.05) is 46.6 Å². The summed E-state index contributed by atoms with van der Waals surface area (Å²) in [5.41, 5.74) is 0.526. The van der Waals surface area contributed by atoms with Crippen LogP contribution in [-0.4, -0.2) is 17.3 Å². The van der Waals surface area contributed by atoms with Crippen molar-refractivity contribution in [3.05, 3.63) is 34.9 Å². The van der Waals surface area contributed by atoms with Gasteiger partial charge in [-0.3, -0.25) is 4.79 Å². The molecule has 0 aliphatic rings. The number of hydrogen-bond acceptors (Lipinski definition) is 1. The first-order valence-corrected chi connectivity index (χ1v) is 6.30.